The molecule has 0 bridgehead atoms. The number of rotatable bonds is 4. The molecule has 5 heteroatoms. The molecule has 0 saturated carbocycles. The van der Waals surface area contributed by atoms with Gasteiger partial charge in [0.25, 0.3) is 0 Å². The largest absolute Gasteiger partial charge is 0.478 e. The van der Waals surface area contributed by atoms with Gasteiger partial charge in [-0.15, -0.1) is 0 Å². The second kappa shape index (κ2) is 5.71. The van der Waals surface area contributed by atoms with Gasteiger partial charge in [0.1, 0.15) is 0 Å². The first kappa shape index (κ1) is 13.4. The molecule has 1 aliphatic rings. The molecule has 0 amide bonds. The van der Waals surface area contributed by atoms with Gasteiger partial charge in [0.2, 0.25) is 0 Å². The highest BCUT2D eigenvalue weighted by Gasteiger charge is 2.23. The van der Waals surface area contributed by atoms with Crippen molar-refractivity contribution in [1.29, 1.82) is 0 Å². The van der Waals surface area contributed by atoms with E-state index in [0.29, 0.717) is 11.6 Å². The van der Waals surface area contributed by atoms with E-state index in [1.807, 2.05) is 6.07 Å². The van der Waals surface area contributed by atoms with Crippen molar-refractivity contribution in [3.05, 3.63) is 28.2 Å². The molecule has 1 heterocycles. The summed E-state index contributed by atoms with van der Waals surface area (Å²) in [6, 6.07) is 5.45. The second-order valence-corrected chi connectivity index (χ2v) is 5.47. The van der Waals surface area contributed by atoms with E-state index in [1.165, 1.54) is 0 Å². The number of nitrogens with one attached hydrogen (secondary N) is 1. The van der Waals surface area contributed by atoms with E-state index in [4.69, 9.17) is 4.74 Å². The molecule has 0 radical (unpaired) electrons. The van der Waals surface area contributed by atoms with Crippen LogP contribution in [0.15, 0.2) is 22.7 Å². The Labute approximate surface area is 114 Å². The molecule has 4 nitrogen and oxygen atoms in total. The molecular weight excluding hydrogens is 298 g/mol. The lowest BCUT2D eigenvalue weighted by Gasteiger charge is -2.21. The second-order valence-electron chi connectivity index (χ2n) is 4.55. The van der Waals surface area contributed by atoms with Gasteiger partial charge >= 0.3 is 5.97 Å². The number of benzene rings is 1. The molecular formula is C13H16BrNO3. The zero-order valence-electron chi connectivity index (χ0n) is 10.1. The quantitative estimate of drug-likeness (QED) is 0.897. The molecule has 2 N–H and O–H groups in total. The third-order valence-electron chi connectivity index (χ3n) is 3.27. The molecule has 98 valence electrons. The van der Waals surface area contributed by atoms with Crippen molar-refractivity contribution in [2.24, 2.45) is 5.92 Å². The van der Waals surface area contributed by atoms with Crippen molar-refractivity contribution < 1.29 is 14.6 Å². The standard InChI is InChI=1S/C13H16BrNO3/c1-8(9-4-5-18-7-9)15-12-3-2-10(14)6-11(12)13(16)17/h2-3,6,8-9,15H,4-5,7H2,1H3,(H,16,17). The molecule has 18 heavy (non-hydrogen) atoms. The van der Waals surface area contributed by atoms with Gasteiger partial charge in [-0.1, -0.05) is 15.9 Å². The Hall–Kier alpha value is -1.07. The van der Waals surface area contributed by atoms with Crippen molar-refractivity contribution in [2.45, 2.75) is 19.4 Å². The van der Waals surface area contributed by atoms with Gasteiger partial charge in [0.15, 0.2) is 0 Å². The number of ether oxygens (including phenoxy) is 1. The number of anilines is 1. The van der Waals surface area contributed by atoms with E-state index < -0.39 is 5.97 Å². The first-order chi connectivity index (χ1) is 8.58. The predicted octanol–water partition coefficient (Wildman–Crippen LogP) is 2.98. The Bertz CT molecular complexity index is 444. The molecule has 1 aromatic rings. The van der Waals surface area contributed by atoms with Crippen LogP contribution in [0.3, 0.4) is 0 Å². The van der Waals surface area contributed by atoms with Gasteiger partial charge in [-0.25, -0.2) is 4.79 Å². The van der Waals surface area contributed by atoms with E-state index >= 15 is 0 Å². The molecule has 1 saturated heterocycles. The fourth-order valence-corrected chi connectivity index (χ4v) is 2.49. The summed E-state index contributed by atoms with van der Waals surface area (Å²) in [7, 11) is 0. The van der Waals surface area contributed by atoms with Gasteiger partial charge in [-0.05, 0) is 31.5 Å². The molecule has 2 atom stereocenters. The molecule has 1 aromatic carbocycles. The van der Waals surface area contributed by atoms with Gasteiger partial charge in [0, 0.05) is 28.7 Å². The predicted molar refractivity (Wildman–Crippen MR) is 73.1 cm³/mol. The molecule has 0 aromatic heterocycles. The van der Waals surface area contributed by atoms with Crippen LogP contribution in [0.25, 0.3) is 0 Å². The summed E-state index contributed by atoms with van der Waals surface area (Å²) in [5.41, 5.74) is 0.945. The van der Waals surface area contributed by atoms with Crippen LogP contribution in [0.4, 0.5) is 5.69 Å². The van der Waals surface area contributed by atoms with Gasteiger partial charge < -0.3 is 15.2 Å². The van der Waals surface area contributed by atoms with E-state index in [2.05, 4.69) is 28.2 Å². The number of carboxylic acids is 1. The molecule has 2 unspecified atom stereocenters. The fourth-order valence-electron chi connectivity index (χ4n) is 2.13. The molecule has 1 aliphatic heterocycles. The van der Waals surface area contributed by atoms with Crippen LogP contribution in [0.2, 0.25) is 0 Å². The smallest absolute Gasteiger partial charge is 0.337 e. The normalized spacial score (nSPS) is 20.7. The summed E-state index contributed by atoms with van der Waals surface area (Å²) in [6.07, 6.45) is 1.02. The van der Waals surface area contributed by atoms with E-state index in [1.54, 1.807) is 12.1 Å². The Balaban J connectivity index is 2.15. The van der Waals surface area contributed by atoms with Crippen LogP contribution in [-0.4, -0.2) is 30.3 Å². The Morgan fingerprint density at radius 2 is 2.39 bits per heavy atom. The minimum absolute atomic E-state index is 0.201. The maximum Gasteiger partial charge on any atom is 0.337 e. The lowest BCUT2D eigenvalue weighted by Crippen LogP contribution is -2.27. The van der Waals surface area contributed by atoms with E-state index in [0.717, 1.165) is 24.1 Å². The minimum atomic E-state index is -0.923. The fraction of sp³-hybridized carbons (Fsp3) is 0.462. The van der Waals surface area contributed by atoms with Crippen molar-refractivity contribution in [3.63, 3.8) is 0 Å². The van der Waals surface area contributed by atoms with Crippen molar-refractivity contribution in [3.8, 4) is 0 Å². The van der Waals surface area contributed by atoms with Crippen LogP contribution in [-0.2, 0) is 4.74 Å². The Morgan fingerprint density at radius 3 is 3.00 bits per heavy atom. The zero-order chi connectivity index (χ0) is 13.1. The first-order valence-corrected chi connectivity index (χ1v) is 6.74. The molecule has 0 aliphatic carbocycles. The summed E-state index contributed by atoms with van der Waals surface area (Å²) in [6.45, 7) is 3.60. The van der Waals surface area contributed by atoms with Crippen LogP contribution in [0.5, 0.6) is 0 Å². The summed E-state index contributed by atoms with van der Waals surface area (Å²) >= 11 is 3.29. The van der Waals surface area contributed by atoms with Crippen LogP contribution < -0.4 is 5.32 Å². The van der Waals surface area contributed by atoms with Gasteiger partial charge in [-0.3, -0.25) is 0 Å². The zero-order valence-corrected chi connectivity index (χ0v) is 11.7. The van der Waals surface area contributed by atoms with Gasteiger partial charge in [-0.2, -0.15) is 0 Å². The van der Waals surface area contributed by atoms with Crippen molar-refractivity contribution in [1.82, 2.24) is 0 Å². The van der Waals surface area contributed by atoms with Crippen LogP contribution >= 0.6 is 15.9 Å². The van der Waals surface area contributed by atoms with E-state index in [-0.39, 0.29) is 11.6 Å². The summed E-state index contributed by atoms with van der Waals surface area (Å²) in [5.74, 6) is -0.482. The third-order valence-corrected chi connectivity index (χ3v) is 3.76. The maximum absolute atomic E-state index is 11.2. The summed E-state index contributed by atoms with van der Waals surface area (Å²) in [5, 5.41) is 12.5. The highest BCUT2D eigenvalue weighted by Crippen LogP contribution is 2.25. The molecule has 0 spiro atoms. The number of carbonyl (C=O) groups is 1. The number of aromatic carboxylic acids is 1. The average molecular weight is 314 g/mol. The van der Waals surface area contributed by atoms with Crippen molar-refractivity contribution in [2.75, 3.05) is 18.5 Å². The molecule has 2 rings (SSSR count). The monoisotopic (exact) mass is 313 g/mol. The Morgan fingerprint density at radius 1 is 1.61 bits per heavy atom. The number of carboxylic acid groups (broad SMARTS) is 1. The van der Waals surface area contributed by atoms with Crippen LogP contribution in [0.1, 0.15) is 23.7 Å². The van der Waals surface area contributed by atoms with Crippen molar-refractivity contribution >= 4 is 27.6 Å². The lowest BCUT2D eigenvalue weighted by atomic mass is 10.00. The number of hydrogen-bond donors (Lipinski definition) is 2. The summed E-state index contributed by atoms with van der Waals surface area (Å²) < 4.78 is 6.11. The number of halogens is 1. The van der Waals surface area contributed by atoms with Gasteiger partial charge in [0.05, 0.1) is 12.2 Å². The topological polar surface area (TPSA) is 58.6 Å². The number of hydrogen-bond acceptors (Lipinski definition) is 3. The Kier molecular flexibility index (Phi) is 4.24. The maximum atomic E-state index is 11.2. The minimum Gasteiger partial charge on any atom is -0.478 e. The molecule has 1 fully saturated rings. The highest BCUT2D eigenvalue weighted by atomic mass is 79.9. The summed E-state index contributed by atoms with van der Waals surface area (Å²) in [4.78, 5) is 11.2. The van der Waals surface area contributed by atoms with Crippen LogP contribution in [0, 0.1) is 5.92 Å². The van der Waals surface area contributed by atoms with E-state index in [9.17, 15) is 9.90 Å². The third kappa shape index (κ3) is 3.03. The SMILES string of the molecule is CC(Nc1ccc(Br)cc1C(=O)O)C1CCOC1. The average Bonchev–Trinajstić information content (AvgIpc) is 2.84. The first-order valence-electron chi connectivity index (χ1n) is 5.95. The highest BCUT2D eigenvalue weighted by molar-refractivity contribution is 9.10. The lowest BCUT2D eigenvalue weighted by molar-refractivity contribution is 0.0698.